The van der Waals surface area contributed by atoms with Crippen LogP contribution in [0.15, 0.2) is 24.3 Å². The Morgan fingerprint density at radius 3 is 3.05 bits per heavy atom. The predicted octanol–water partition coefficient (Wildman–Crippen LogP) is 3.11. The lowest BCUT2D eigenvalue weighted by atomic mass is 10.0. The van der Waals surface area contributed by atoms with Crippen molar-refractivity contribution in [2.45, 2.75) is 26.4 Å². The summed E-state index contributed by atoms with van der Waals surface area (Å²) in [4.78, 5) is 14.2. The third-order valence-electron chi connectivity index (χ3n) is 3.82. The second-order valence-electron chi connectivity index (χ2n) is 5.87. The molecule has 1 aromatic rings. The molecule has 1 aliphatic heterocycles. The molecule has 122 valence electrons. The van der Waals surface area contributed by atoms with E-state index in [1.807, 2.05) is 29.2 Å². The minimum atomic E-state index is -0.0102. The summed E-state index contributed by atoms with van der Waals surface area (Å²) >= 11 is 0. The Hall–Kier alpha value is -1.59. The van der Waals surface area contributed by atoms with Crippen LogP contribution in [-0.2, 0) is 16.1 Å². The lowest BCUT2D eigenvalue weighted by Gasteiger charge is -2.31. The molecule has 0 saturated carbocycles. The normalized spacial score (nSPS) is 18.3. The quantitative estimate of drug-likeness (QED) is 0.822. The van der Waals surface area contributed by atoms with Gasteiger partial charge in [0.2, 0.25) is 0 Å². The largest absolute Gasteiger partial charge is 0.382 e. The van der Waals surface area contributed by atoms with E-state index in [9.17, 15) is 4.79 Å². The van der Waals surface area contributed by atoms with Gasteiger partial charge in [-0.3, -0.25) is 0 Å². The number of amides is 2. The number of likely N-dealkylation sites (tertiary alicyclic amines) is 1. The molecule has 0 bridgehead atoms. The minimum absolute atomic E-state index is 0.0102. The molecule has 0 aliphatic carbocycles. The van der Waals surface area contributed by atoms with Crippen molar-refractivity contribution >= 4 is 11.7 Å². The van der Waals surface area contributed by atoms with E-state index in [0.29, 0.717) is 25.7 Å². The Balaban J connectivity index is 1.85. The van der Waals surface area contributed by atoms with Crippen LogP contribution >= 0.6 is 0 Å². The summed E-state index contributed by atoms with van der Waals surface area (Å²) in [7, 11) is 1.65. The van der Waals surface area contributed by atoms with Gasteiger partial charge in [0.1, 0.15) is 0 Å². The number of hydrogen-bond acceptors (Lipinski definition) is 3. The fraction of sp³-hybridized carbons (Fsp3) is 0.588. The third kappa shape index (κ3) is 5.31. The Labute approximate surface area is 132 Å². The maximum atomic E-state index is 12.3. The van der Waals surface area contributed by atoms with Crippen LogP contribution in [0, 0.1) is 5.92 Å². The van der Waals surface area contributed by atoms with Gasteiger partial charge < -0.3 is 19.7 Å². The van der Waals surface area contributed by atoms with E-state index < -0.39 is 0 Å². The number of anilines is 1. The molecule has 0 unspecified atom stereocenters. The van der Waals surface area contributed by atoms with Crippen molar-refractivity contribution in [3.63, 3.8) is 0 Å². The van der Waals surface area contributed by atoms with Gasteiger partial charge in [-0.2, -0.15) is 0 Å². The molecule has 1 aliphatic rings. The highest BCUT2D eigenvalue weighted by atomic mass is 16.5. The lowest BCUT2D eigenvalue weighted by molar-refractivity contribution is 0.0617. The zero-order valence-electron chi connectivity index (χ0n) is 13.5. The number of nitrogens with one attached hydrogen (secondary N) is 1. The summed E-state index contributed by atoms with van der Waals surface area (Å²) in [6.07, 6.45) is 2.29. The van der Waals surface area contributed by atoms with E-state index in [4.69, 9.17) is 9.47 Å². The van der Waals surface area contributed by atoms with Gasteiger partial charge in [-0.05, 0) is 36.5 Å². The van der Waals surface area contributed by atoms with Gasteiger partial charge >= 0.3 is 6.03 Å². The molecule has 1 atom stereocenters. The number of urea groups is 1. The first-order chi connectivity index (χ1) is 10.7. The molecule has 1 fully saturated rings. The van der Waals surface area contributed by atoms with Crippen molar-refractivity contribution in [1.82, 2.24) is 4.90 Å². The first-order valence-corrected chi connectivity index (χ1v) is 7.90. The molecule has 1 saturated heterocycles. The van der Waals surface area contributed by atoms with E-state index >= 15 is 0 Å². The fourth-order valence-electron chi connectivity index (χ4n) is 2.65. The highest BCUT2D eigenvalue weighted by molar-refractivity contribution is 5.89. The van der Waals surface area contributed by atoms with Crippen LogP contribution in [0.25, 0.3) is 0 Å². The van der Waals surface area contributed by atoms with Crippen LogP contribution in [-0.4, -0.2) is 44.3 Å². The van der Waals surface area contributed by atoms with Gasteiger partial charge in [-0.15, -0.1) is 0 Å². The summed E-state index contributed by atoms with van der Waals surface area (Å²) in [6, 6.07) is 7.78. The molecular weight excluding hydrogens is 280 g/mol. The number of benzene rings is 1. The molecule has 0 aromatic heterocycles. The molecule has 5 heteroatoms. The van der Waals surface area contributed by atoms with Gasteiger partial charge in [0.05, 0.1) is 19.8 Å². The zero-order chi connectivity index (χ0) is 15.8. The Morgan fingerprint density at radius 2 is 2.27 bits per heavy atom. The SMILES string of the molecule is COCCOCc1cccc(NC(=O)N2CCC[C@@H](C)C2)c1. The summed E-state index contributed by atoms with van der Waals surface area (Å²) in [5.41, 5.74) is 1.86. The molecule has 1 aromatic carbocycles. The van der Waals surface area contributed by atoms with Crippen LogP contribution < -0.4 is 5.32 Å². The number of rotatable bonds is 6. The van der Waals surface area contributed by atoms with E-state index in [2.05, 4.69) is 12.2 Å². The van der Waals surface area contributed by atoms with Crippen molar-refractivity contribution in [3.8, 4) is 0 Å². The van der Waals surface area contributed by atoms with Crippen LogP contribution in [0.3, 0.4) is 0 Å². The number of piperidine rings is 1. The molecule has 0 spiro atoms. The molecule has 2 amide bonds. The number of nitrogens with zero attached hydrogens (tertiary/aromatic N) is 1. The van der Waals surface area contributed by atoms with Gasteiger partial charge in [-0.25, -0.2) is 4.79 Å². The number of methoxy groups -OCH3 is 1. The van der Waals surface area contributed by atoms with E-state index in [0.717, 1.165) is 30.8 Å². The van der Waals surface area contributed by atoms with Crippen molar-refractivity contribution < 1.29 is 14.3 Å². The predicted molar refractivity (Wildman–Crippen MR) is 87.0 cm³/mol. The van der Waals surface area contributed by atoms with Gasteiger partial charge in [0.15, 0.2) is 0 Å². The second kappa shape index (κ2) is 8.76. The summed E-state index contributed by atoms with van der Waals surface area (Å²) in [6.45, 7) is 5.55. The molecule has 5 nitrogen and oxygen atoms in total. The van der Waals surface area contributed by atoms with Gasteiger partial charge in [0.25, 0.3) is 0 Å². The average molecular weight is 306 g/mol. The second-order valence-corrected chi connectivity index (χ2v) is 5.87. The van der Waals surface area contributed by atoms with Crippen LogP contribution in [0.4, 0.5) is 10.5 Å². The highest BCUT2D eigenvalue weighted by Gasteiger charge is 2.20. The topological polar surface area (TPSA) is 50.8 Å². The molecular formula is C17H26N2O3. The van der Waals surface area contributed by atoms with Crippen LogP contribution in [0.2, 0.25) is 0 Å². The average Bonchev–Trinajstić information content (AvgIpc) is 2.52. The summed E-state index contributed by atoms with van der Waals surface area (Å²) < 4.78 is 10.4. The van der Waals surface area contributed by atoms with Gasteiger partial charge in [0, 0.05) is 25.9 Å². The molecule has 2 rings (SSSR count). The lowest BCUT2D eigenvalue weighted by Crippen LogP contribution is -2.41. The Bertz CT molecular complexity index is 479. The standard InChI is InChI=1S/C17H26N2O3/c1-14-5-4-8-19(12-14)17(20)18-16-7-3-6-15(11-16)13-22-10-9-21-2/h3,6-7,11,14H,4-5,8-10,12-13H2,1-2H3,(H,18,20)/t14-/m1/s1. The zero-order valence-corrected chi connectivity index (χ0v) is 13.5. The molecule has 22 heavy (non-hydrogen) atoms. The van der Waals surface area contributed by atoms with Crippen LogP contribution in [0.5, 0.6) is 0 Å². The summed E-state index contributed by atoms with van der Waals surface area (Å²) in [5.74, 6) is 0.583. The molecule has 1 heterocycles. The first kappa shape index (κ1) is 16.8. The minimum Gasteiger partial charge on any atom is -0.382 e. The smallest absolute Gasteiger partial charge is 0.321 e. The maximum absolute atomic E-state index is 12.3. The Morgan fingerprint density at radius 1 is 1.41 bits per heavy atom. The highest BCUT2D eigenvalue weighted by Crippen LogP contribution is 2.17. The molecule has 1 N–H and O–H groups in total. The number of ether oxygens (including phenoxy) is 2. The number of carbonyl (C=O) groups excluding carboxylic acids is 1. The van der Waals surface area contributed by atoms with Crippen LogP contribution in [0.1, 0.15) is 25.3 Å². The maximum Gasteiger partial charge on any atom is 0.321 e. The van der Waals surface area contributed by atoms with E-state index in [1.165, 1.54) is 6.42 Å². The van der Waals surface area contributed by atoms with Crippen molar-refractivity contribution in [3.05, 3.63) is 29.8 Å². The van der Waals surface area contributed by atoms with E-state index in [-0.39, 0.29) is 6.03 Å². The van der Waals surface area contributed by atoms with Gasteiger partial charge in [-0.1, -0.05) is 19.1 Å². The number of carbonyl (C=O) groups is 1. The third-order valence-corrected chi connectivity index (χ3v) is 3.82. The first-order valence-electron chi connectivity index (χ1n) is 7.90. The monoisotopic (exact) mass is 306 g/mol. The van der Waals surface area contributed by atoms with Crippen molar-refractivity contribution in [1.29, 1.82) is 0 Å². The number of hydrogen-bond donors (Lipinski definition) is 1. The van der Waals surface area contributed by atoms with E-state index in [1.54, 1.807) is 7.11 Å². The fourth-order valence-corrected chi connectivity index (χ4v) is 2.65. The summed E-state index contributed by atoms with van der Waals surface area (Å²) in [5, 5.41) is 2.98. The van der Waals surface area contributed by atoms with Crippen molar-refractivity contribution in [2.24, 2.45) is 5.92 Å². The molecule has 0 radical (unpaired) electrons. The van der Waals surface area contributed by atoms with Crippen molar-refractivity contribution in [2.75, 3.05) is 38.7 Å². The Kier molecular flexibility index (Phi) is 6.68.